The minimum atomic E-state index is 0.204. The lowest BCUT2D eigenvalue weighted by Crippen LogP contribution is -2.04. The zero-order chi connectivity index (χ0) is 14.5. The zero-order valence-corrected chi connectivity index (χ0v) is 17.7. The Labute approximate surface area is 163 Å². The van der Waals surface area contributed by atoms with Crippen LogP contribution in [0.15, 0.2) is 29.6 Å². The number of rotatable bonds is 6. The molecule has 1 aromatic heterocycles. The molecule has 106 valence electrons. The van der Waals surface area contributed by atoms with Gasteiger partial charge in [-0.2, -0.15) is 0 Å². The summed E-state index contributed by atoms with van der Waals surface area (Å²) in [6.45, 7) is 0.573. The lowest BCUT2D eigenvalue weighted by molar-refractivity contribution is 0.0977. The van der Waals surface area contributed by atoms with E-state index in [0.29, 0.717) is 13.0 Å². The Hall–Kier alpha value is 0.580. The molecule has 6 heteroatoms. The third kappa shape index (κ3) is 4.80. The summed E-state index contributed by atoms with van der Waals surface area (Å²) in [5, 5.41) is 1.93. The summed E-state index contributed by atoms with van der Waals surface area (Å²) in [7, 11) is 0. The fourth-order valence-electron chi connectivity index (χ4n) is 1.63. The van der Waals surface area contributed by atoms with Crippen LogP contribution in [0.25, 0.3) is 0 Å². The molecule has 0 N–H and O–H groups in total. The number of ether oxygens (including phenoxy) is 1. The van der Waals surface area contributed by atoms with Gasteiger partial charge < -0.3 is 4.74 Å². The topological polar surface area (TPSA) is 26.3 Å². The van der Waals surface area contributed by atoms with Gasteiger partial charge in [-0.1, -0.05) is 6.07 Å². The molecule has 0 saturated carbocycles. The summed E-state index contributed by atoms with van der Waals surface area (Å²) >= 11 is 8.37. The number of halogens is 3. The summed E-state index contributed by atoms with van der Waals surface area (Å²) < 4.78 is 9.26. The van der Waals surface area contributed by atoms with E-state index in [1.807, 2.05) is 17.5 Å². The Morgan fingerprint density at radius 1 is 1.20 bits per heavy atom. The highest BCUT2D eigenvalue weighted by Gasteiger charge is 2.09. The van der Waals surface area contributed by atoms with Gasteiger partial charge in [-0.05, 0) is 97.8 Å². The van der Waals surface area contributed by atoms with Crippen LogP contribution in [0.3, 0.4) is 0 Å². The maximum Gasteiger partial charge on any atom is 0.172 e. The first kappa shape index (κ1) is 16.9. The third-order valence-electron chi connectivity index (χ3n) is 2.55. The van der Waals surface area contributed by atoms with Gasteiger partial charge in [0.2, 0.25) is 0 Å². The molecule has 0 radical (unpaired) electrons. The first-order valence-corrected chi connectivity index (χ1v) is 10.0. The molecular weight excluding hydrogens is 613 g/mol. The van der Waals surface area contributed by atoms with E-state index >= 15 is 0 Å². The van der Waals surface area contributed by atoms with Crippen LogP contribution in [0.4, 0.5) is 0 Å². The molecule has 2 nitrogen and oxygen atoms in total. The number of ketones is 1. The van der Waals surface area contributed by atoms with Crippen molar-refractivity contribution in [1.82, 2.24) is 0 Å². The van der Waals surface area contributed by atoms with Crippen molar-refractivity contribution in [2.75, 3.05) is 6.61 Å². The number of carbonyl (C=O) groups excluding carboxylic acids is 1. The van der Waals surface area contributed by atoms with Gasteiger partial charge in [0, 0.05) is 9.99 Å². The molecule has 0 unspecified atom stereocenters. The highest BCUT2D eigenvalue weighted by Crippen LogP contribution is 2.29. The summed E-state index contributed by atoms with van der Waals surface area (Å²) in [6.07, 6.45) is 1.28. The highest BCUT2D eigenvalue weighted by molar-refractivity contribution is 14.1. The van der Waals surface area contributed by atoms with Crippen molar-refractivity contribution in [3.63, 3.8) is 0 Å². The number of Topliss-reactive ketones (excluding diaryl/α,β-unsaturated/α-hetero) is 1. The molecule has 1 aromatic carbocycles. The molecule has 0 amide bonds. The summed E-state index contributed by atoms with van der Waals surface area (Å²) in [6, 6.07) is 7.97. The van der Waals surface area contributed by atoms with E-state index in [1.165, 1.54) is 14.9 Å². The normalized spacial score (nSPS) is 10.6. The van der Waals surface area contributed by atoms with E-state index < -0.39 is 0 Å². The maximum absolute atomic E-state index is 11.8. The predicted molar refractivity (Wildman–Crippen MR) is 108 cm³/mol. The largest absolute Gasteiger partial charge is 0.491 e. The van der Waals surface area contributed by atoms with Crippen LogP contribution in [0.1, 0.15) is 22.5 Å². The van der Waals surface area contributed by atoms with E-state index in [1.54, 1.807) is 0 Å². The summed E-state index contributed by atoms with van der Waals surface area (Å²) in [5.74, 6) is 1.13. The number of hydrogen-bond acceptors (Lipinski definition) is 3. The lowest BCUT2D eigenvalue weighted by atomic mass is 10.2. The van der Waals surface area contributed by atoms with Crippen molar-refractivity contribution in [2.24, 2.45) is 0 Å². The first-order valence-electron chi connectivity index (χ1n) is 5.92. The first-order chi connectivity index (χ1) is 9.58. The second-order valence-electron chi connectivity index (χ2n) is 4.05. The molecule has 0 aliphatic heterocycles. The van der Waals surface area contributed by atoms with Crippen molar-refractivity contribution in [3.8, 4) is 5.75 Å². The average molecular weight is 624 g/mol. The molecule has 2 rings (SSSR count). The molecule has 2 aromatic rings. The van der Waals surface area contributed by atoms with Crippen LogP contribution in [0.5, 0.6) is 5.75 Å². The highest BCUT2D eigenvalue weighted by atomic mass is 127. The van der Waals surface area contributed by atoms with Gasteiger partial charge in [0.05, 0.1) is 18.6 Å². The van der Waals surface area contributed by atoms with Crippen LogP contribution in [0.2, 0.25) is 0 Å². The SMILES string of the molecule is O=C(CCCOc1c(I)cc(I)cc1I)c1cccs1. The molecule has 0 saturated heterocycles. The lowest BCUT2D eigenvalue weighted by Gasteiger charge is -2.10. The van der Waals surface area contributed by atoms with Gasteiger partial charge in [0.25, 0.3) is 0 Å². The Morgan fingerprint density at radius 2 is 1.90 bits per heavy atom. The van der Waals surface area contributed by atoms with Crippen LogP contribution in [-0.2, 0) is 0 Å². The number of carbonyl (C=O) groups is 1. The molecular formula is C14H11I3O2S. The minimum absolute atomic E-state index is 0.204. The van der Waals surface area contributed by atoms with Gasteiger partial charge >= 0.3 is 0 Å². The molecule has 0 aliphatic rings. The van der Waals surface area contributed by atoms with Gasteiger partial charge in [-0.25, -0.2) is 0 Å². The van der Waals surface area contributed by atoms with Crippen molar-refractivity contribution in [1.29, 1.82) is 0 Å². The van der Waals surface area contributed by atoms with E-state index in [0.717, 1.165) is 24.2 Å². The number of thiophene rings is 1. The van der Waals surface area contributed by atoms with Crippen molar-refractivity contribution in [2.45, 2.75) is 12.8 Å². The molecule has 20 heavy (non-hydrogen) atoms. The van der Waals surface area contributed by atoms with E-state index in [4.69, 9.17) is 4.74 Å². The summed E-state index contributed by atoms with van der Waals surface area (Å²) in [5.41, 5.74) is 0. The Morgan fingerprint density at radius 3 is 2.50 bits per heavy atom. The van der Waals surface area contributed by atoms with Gasteiger partial charge in [-0.15, -0.1) is 11.3 Å². The predicted octanol–water partition coefficient (Wildman–Crippen LogP) is 5.60. The standard InChI is InChI=1S/C14H11I3O2S/c15-9-7-10(16)14(11(17)8-9)19-5-1-3-12(18)13-4-2-6-20-13/h2,4,6-8H,1,3,5H2. The van der Waals surface area contributed by atoms with Crippen LogP contribution in [-0.4, -0.2) is 12.4 Å². The fraction of sp³-hybridized carbons (Fsp3) is 0.214. The molecule has 0 atom stereocenters. The fourth-order valence-corrected chi connectivity index (χ4v) is 6.22. The van der Waals surface area contributed by atoms with Crippen molar-refractivity contribution >= 4 is 84.9 Å². The molecule has 0 aliphatic carbocycles. The molecule has 0 fully saturated rings. The average Bonchev–Trinajstić information content (AvgIpc) is 2.90. The quantitative estimate of drug-likeness (QED) is 0.238. The van der Waals surface area contributed by atoms with E-state index in [2.05, 4.69) is 79.9 Å². The minimum Gasteiger partial charge on any atom is -0.491 e. The number of hydrogen-bond donors (Lipinski definition) is 0. The van der Waals surface area contributed by atoms with Crippen LogP contribution >= 0.6 is 79.1 Å². The van der Waals surface area contributed by atoms with E-state index in [-0.39, 0.29) is 5.78 Å². The molecule has 1 heterocycles. The van der Waals surface area contributed by atoms with Gasteiger partial charge in [0.15, 0.2) is 5.78 Å². The zero-order valence-electron chi connectivity index (χ0n) is 10.4. The Bertz CT molecular complexity index is 573. The van der Waals surface area contributed by atoms with Crippen LogP contribution < -0.4 is 4.74 Å². The molecule has 0 bridgehead atoms. The van der Waals surface area contributed by atoms with Gasteiger partial charge in [0.1, 0.15) is 5.75 Å². The maximum atomic E-state index is 11.8. The second-order valence-corrected chi connectivity index (χ2v) is 8.57. The van der Waals surface area contributed by atoms with Gasteiger partial charge in [-0.3, -0.25) is 4.79 Å². The van der Waals surface area contributed by atoms with Crippen molar-refractivity contribution in [3.05, 3.63) is 45.2 Å². The molecule has 0 spiro atoms. The summed E-state index contributed by atoms with van der Waals surface area (Å²) in [4.78, 5) is 12.7. The smallest absolute Gasteiger partial charge is 0.172 e. The second kappa shape index (κ2) is 8.28. The van der Waals surface area contributed by atoms with E-state index in [9.17, 15) is 4.79 Å². The Kier molecular flexibility index (Phi) is 7.01. The van der Waals surface area contributed by atoms with Crippen LogP contribution in [0, 0.1) is 10.7 Å². The Balaban J connectivity index is 1.83. The van der Waals surface area contributed by atoms with Crippen molar-refractivity contribution < 1.29 is 9.53 Å². The third-order valence-corrected chi connectivity index (χ3v) is 5.69. The number of benzene rings is 1. The monoisotopic (exact) mass is 624 g/mol.